The van der Waals surface area contributed by atoms with Crippen LogP contribution in [0, 0.1) is 0 Å². The van der Waals surface area contributed by atoms with Crippen molar-refractivity contribution in [1.82, 2.24) is 0 Å². The third kappa shape index (κ3) is 3.45. The molecule has 0 spiro atoms. The first-order valence-corrected chi connectivity index (χ1v) is 4.76. The van der Waals surface area contributed by atoms with E-state index >= 15 is 0 Å². The molecule has 0 aromatic heterocycles. The normalized spacial score (nSPS) is 14.1. The monoisotopic (exact) mass is 179 g/mol. The fraction of sp³-hybridized carbons (Fsp3) is 0.545. The van der Waals surface area contributed by atoms with Crippen LogP contribution in [0.4, 0.5) is 0 Å². The molecule has 1 amide bonds. The highest BCUT2D eigenvalue weighted by Crippen LogP contribution is 2.33. The fourth-order valence-corrected chi connectivity index (χ4v) is 1.36. The molecule has 1 fully saturated rings. The minimum Gasteiger partial charge on any atom is -0.366 e. The van der Waals surface area contributed by atoms with Crippen LogP contribution in [0.2, 0.25) is 0 Å². The van der Waals surface area contributed by atoms with Crippen molar-refractivity contribution in [3.8, 4) is 0 Å². The molecule has 0 aromatic rings. The first kappa shape index (κ1) is 10.0. The van der Waals surface area contributed by atoms with Crippen molar-refractivity contribution >= 4 is 5.91 Å². The second-order valence-corrected chi connectivity index (χ2v) is 3.71. The van der Waals surface area contributed by atoms with Gasteiger partial charge in [0.2, 0.25) is 5.91 Å². The topological polar surface area (TPSA) is 43.1 Å². The summed E-state index contributed by atoms with van der Waals surface area (Å²) in [5.74, 6) is -0.364. The Morgan fingerprint density at radius 2 is 2.08 bits per heavy atom. The first-order chi connectivity index (χ1) is 6.11. The Labute approximate surface area is 79.5 Å². The van der Waals surface area contributed by atoms with Crippen LogP contribution < -0.4 is 5.73 Å². The van der Waals surface area contributed by atoms with Crippen LogP contribution in [-0.4, -0.2) is 5.91 Å². The number of hydrogen-bond acceptors (Lipinski definition) is 1. The molecule has 2 N–H and O–H groups in total. The highest BCUT2D eigenvalue weighted by molar-refractivity contribution is 5.91. The lowest BCUT2D eigenvalue weighted by Crippen LogP contribution is -2.12. The van der Waals surface area contributed by atoms with Gasteiger partial charge in [-0.05, 0) is 39.0 Å². The number of amides is 1. The molecule has 0 unspecified atom stereocenters. The van der Waals surface area contributed by atoms with E-state index in [1.165, 1.54) is 18.4 Å². The van der Waals surface area contributed by atoms with Gasteiger partial charge in [-0.25, -0.2) is 0 Å². The highest BCUT2D eigenvalue weighted by atomic mass is 16.1. The van der Waals surface area contributed by atoms with Gasteiger partial charge >= 0.3 is 0 Å². The molecule has 0 aliphatic heterocycles. The Kier molecular flexibility index (Phi) is 3.29. The molecule has 0 radical (unpaired) electrons. The molecule has 0 heterocycles. The van der Waals surface area contributed by atoms with E-state index in [0.29, 0.717) is 5.57 Å². The van der Waals surface area contributed by atoms with E-state index in [4.69, 9.17) is 5.73 Å². The van der Waals surface area contributed by atoms with Crippen LogP contribution >= 0.6 is 0 Å². The van der Waals surface area contributed by atoms with E-state index < -0.39 is 0 Å². The zero-order chi connectivity index (χ0) is 9.84. The summed E-state index contributed by atoms with van der Waals surface area (Å²) < 4.78 is 0. The van der Waals surface area contributed by atoms with E-state index in [9.17, 15) is 4.79 Å². The van der Waals surface area contributed by atoms with Crippen molar-refractivity contribution in [1.29, 1.82) is 0 Å². The van der Waals surface area contributed by atoms with Gasteiger partial charge in [0.25, 0.3) is 0 Å². The van der Waals surface area contributed by atoms with Gasteiger partial charge in [-0.15, -0.1) is 0 Å². The van der Waals surface area contributed by atoms with Crippen molar-refractivity contribution in [3.63, 3.8) is 0 Å². The van der Waals surface area contributed by atoms with E-state index in [1.54, 1.807) is 5.57 Å². The average Bonchev–Trinajstić information content (AvgIpc) is 2.85. The number of primary amides is 1. The Bertz CT molecular complexity index is 257. The van der Waals surface area contributed by atoms with Crippen molar-refractivity contribution in [2.75, 3.05) is 0 Å². The van der Waals surface area contributed by atoms with Crippen LogP contribution in [0.5, 0.6) is 0 Å². The van der Waals surface area contributed by atoms with Gasteiger partial charge in [0.05, 0.1) is 0 Å². The minimum absolute atomic E-state index is 0.364. The van der Waals surface area contributed by atoms with Crippen molar-refractivity contribution < 1.29 is 4.79 Å². The van der Waals surface area contributed by atoms with Crippen LogP contribution in [0.1, 0.15) is 39.0 Å². The standard InChI is InChI=1S/C11H17NO/c1-8(10-6-7-10)4-3-5-9(2)11(12)13/h2-7H2,1H3,(H2,12,13). The molecule has 0 bridgehead atoms. The lowest BCUT2D eigenvalue weighted by atomic mass is 10.1. The van der Waals surface area contributed by atoms with Gasteiger partial charge in [0, 0.05) is 5.57 Å². The second kappa shape index (κ2) is 4.26. The molecule has 72 valence electrons. The predicted molar refractivity (Wildman–Crippen MR) is 54.1 cm³/mol. The average molecular weight is 179 g/mol. The largest absolute Gasteiger partial charge is 0.366 e. The lowest BCUT2D eigenvalue weighted by molar-refractivity contribution is -0.114. The first-order valence-electron chi connectivity index (χ1n) is 4.76. The zero-order valence-electron chi connectivity index (χ0n) is 8.23. The summed E-state index contributed by atoms with van der Waals surface area (Å²) in [5.41, 5.74) is 8.72. The number of carbonyl (C=O) groups is 1. The maximum absolute atomic E-state index is 10.6. The van der Waals surface area contributed by atoms with Crippen molar-refractivity contribution in [2.45, 2.75) is 39.0 Å². The third-order valence-electron chi connectivity index (χ3n) is 2.48. The second-order valence-electron chi connectivity index (χ2n) is 3.71. The Hall–Kier alpha value is -1.05. The summed E-state index contributed by atoms with van der Waals surface area (Å²) in [7, 11) is 0. The molecule has 0 atom stereocenters. The summed E-state index contributed by atoms with van der Waals surface area (Å²) >= 11 is 0. The van der Waals surface area contributed by atoms with Crippen molar-refractivity contribution in [3.05, 3.63) is 23.3 Å². The molecule has 1 rings (SSSR count). The maximum atomic E-state index is 10.6. The summed E-state index contributed by atoms with van der Waals surface area (Å²) in [6.07, 6.45) is 5.38. The maximum Gasteiger partial charge on any atom is 0.244 e. The van der Waals surface area contributed by atoms with Crippen LogP contribution in [0.3, 0.4) is 0 Å². The molecular weight excluding hydrogens is 162 g/mol. The van der Waals surface area contributed by atoms with E-state index in [1.807, 2.05) is 0 Å². The Morgan fingerprint density at radius 1 is 1.46 bits per heavy atom. The quantitative estimate of drug-likeness (QED) is 0.510. The molecule has 0 saturated heterocycles. The van der Waals surface area contributed by atoms with E-state index in [-0.39, 0.29) is 5.91 Å². The lowest BCUT2D eigenvalue weighted by Gasteiger charge is -2.01. The molecule has 13 heavy (non-hydrogen) atoms. The highest BCUT2D eigenvalue weighted by Gasteiger charge is 2.14. The molecule has 2 heteroatoms. The van der Waals surface area contributed by atoms with Gasteiger partial charge in [0.1, 0.15) is 0 Å². The number of allylic oxidation sites excluding steroid dienone is 2. The Balaban J connectivity index is 2.17. The van der Waals surface area contributed by atoms with Gasteiger partial charge in [-0.3, -0.25) is 4.79 Å². The van der Waals surface area contributed by atoms with Crippen LogP contribution in [-0.2, 0) is 4.79 Å². The third-order valence-corrected chi connectivity index (χ3v) is 2.48. The molecule has 1 aliphatic rings. The SMILES string of the molecule is C=C(CCCC(C)=C1CC1)C(N)=O. The summed E-state index contributed by atoms with van der Waals surface area (Å²) in [6, 6.07) is 0. The smallest absolute Gasteiger partial charge is 0.244 e. The minimum atomic E-state index is -0.364. The van der Waals surface area contributed by atoms with E-state index in [2.05, 4.69) is 13.5 Å². The fourth-order valence-electron chi connectivity index (χ4n) is 1.36. The summed E-state index contributed by atoms with van der Waals surface area (Å²) in [5, 5.41) is 0. The molecule has 0 aromatic carbocycles. The number of hydrogen-bond donors (Lipinski definition) is 1. The van der Waals surface area contributed by atoms with Gasteiger partial charge in [0.15, 0.2) is 0 Å². The predicted octanol–water partition coefficient (Wildman–Crippen LogP) is 2.31. The summed E-state index contributed by atoms with van der Waals surface area (Å²) in [6.45, 7) is 5.80. The van der Waals surface area contributed by atoms with Gasteiger partial charge in [-0.2, -0.15) is 0 Å². The zero-order valence-corrected chi connectivity index (χ0v) is 8.23. The molecule has 2 nitrogen and oxygen atoms in total. The van der Waals surface area contributed by atoms with Crippen LogP contribution in [0.25, 0.3) is 0 Å². The van der Waals surface area contributed by atoms with Gasteiger partial charge in [-0.1, -0.05) is 17.7 Å². The number of nitrogens with two attached hydrogens (primary N) is 1. The molecule has 1 saturated carbocycles. The van der Waals surface area contributed by atoms with Gasteiger partial charge < -0.3 is 5.73 Å². The van der Waals surface area contributed by atoms with E-state index in [0.717, 1.165) is 19.3 Å². The molecule has 1 aliphatic carbocycles. The summed E-state index contributed by atoms with van der Waals surface area (Å²) in [4.78, 5) is 10.6. The molecular formula is C11H17NO. The number of carbonyl (C=O) groups excluding carboxylic acids is 1. The van der Waals surface area contributed by atoms with Crippen LogP contribution in [0.15, 0.2) is 23.3 Å². The van der Waals surface area contributed by atoms with Crippen molar-refractivity contribution in [2.24, 2.45) is 5.73 Å². The Morgan fingerprint density at radius 3 is 2.54 bits per heavy atom. The number of rotatable bonds is 5.